The van der Waals surface area contributed by atoms with Crippen LogP contribution in [0.5, 0.6) is 11.5 Å². The molecule has 1 rings (SSSR count). The van der Waals surface area contributed by atoms with Crippen LogP contribution >= 0.6 is 46.4 Å². The highest BCUT2D eigenvalue weighted by Gasteiger charge is 2.12. The van der Waals surface area contributed by atoms with Crippen molar-refractivity contribution in [3.63, 3.8) is 0 Å². The average Bonchev–Trinajstić information content (AvgIpc) is 2.53. The Morgan fingerprint density at radius 3 is 2.26 bits per heavy atom. The van der Waals surface area contributed by atoms with Crippen LogP contribution in [-0.4, -0.2) is 31.3 Å². The van der Waals surface area contributed by atoms with Crippen molar-refractivity contribution >= 4 is 52.3 Å². The zero-order valence-corrected chi connectivity index (χ0v) is 18.7. The van der Waals surface area contributed by atoms with Gasteiger partial charge in [0.25, 0.3) is 0 Å². The first-order valence-electron chi connectivity index (χ1n) is 8.20. The molecule has 0 heterocycles. The van der Waals surface area contributed by atoms with Crippen LogP contribution in [0, 0.1) is 0 Å². The Hall–Kier alpha value is -1.01. The SMILES string of the molecule is CC(=NOC(C)(C)C)OCCCOc1c(Cl)cc(OCC=C(Cl)Cl)cc1Cl. The van der Waals surface area contributed by atoms with Crippen LogP contribution in [0.25, 0.3) is 0 Å². The molecule has 0 aliphatic carbocycles. The van der Waals surface area contributed by atoms with E-state index in [2.05, 4.69) is 5.16 Å². The van der Waals surface area contributed by atoms with Gasteiger partial charge in [-0.3, -0.25) is 0 Å². The molecule has 0 N–H and O–H groups in total. The molecule has 0 aliphatic rings. The van der Waals surface area contributed by atoms with Crippen molar-refractivity contribution < 1.29 is 19.0 Å². The van der Waals surface area contributed by atoms with Gasteiger partial charge in [-0.25, -0.2) is 0 Å². The van der Waals surface area contributed by atoms with E-state index >= 15 is 0 Å². The lowest BCUT2D eigenvalue weighted by atomic mass is 10.2. The highest BCUT2D eigenvalue weighted by atomic mass is 35.5. The van der Waals surface area contributed by atoms with Gasteiger partial charge in [0.1, 0.15) is 22.4 Å². The molecule has 152 valence electrons. The maximum Gasteiger partial charge on any atom is 0.222 e. The monoisotopic (exact) mass is 457 g/mol. The molecule has 0 bridgehead atoms. The third kappa shape index (κ3) is 10.8. The van der Waals surface area contributed by atoms with E-state index in [0.717, 1.165) is 0 Å². The lowest BCUT2D eigenvalue weighted by Gasteiger charge is -2.16. The Morgan fingerprint density at radius 2 is 1.70 bits per heavy atom. The van der Waals surface area contributed by atoms with Crippen molar-refractivity contribution in [3.8, 4) is 11.5 Å². The van der Waals surface area contributed by atoms with Gasteiger partial charge in [0.2, 0.25) is 5.90 Å². The van der Waals surface area contributed by atoms with Gasteiger partial charge in [-0.1, -0.05) is 51.6 Å². The van der Waals surface area contributed by atoms with Crippen LogP contribution in [0.2, 0.25) is 10.0 Å². The van der Waals surface area contributed by atoms with Gasteiger partial charge in [0, 0.05) is 25.5 Å². The summed E-state index contributed by atoms with van der Waals surface area (Å²) in [6, 6.07) is 3.21. The Bertz CT molecular complexity index is 645. The third-order valence-electron chi connectivity index (χ3n) is 2.75. The van der Waals surface area contributed by atoms with Crippen LogP contribution in [0.4, 0.5) is 0 Å². The van der Waals surface area contributed by atoms with E-state index in [9.17, 15) is 0 Å². The van der Waals surface area contributed by atoms with E-state index in [1.54, 1.807) is 19.1 Å². The van der Waals surface area contributed by atoms with Crippen molar-refractivity contribution in [1.29, 1.82) is 0 Å². The maximum absolute atomic E-state index is 6.20. The van der Waals surface area contributed by atoms with E-state index < -0.39 is 0 Å². The molecule has 1 aromatic rings. The van der Waals surface area contributed by atoms with E-state index in [1.165, 1.54) is 6.08 Å². The van der Waals surface area contributed by atoms with Gasteiger partial charge in [0.05, 0.1) is 23.3 Å². The topological polar surface area (TPSA) is 49.3 Å². The summed E-state index contributed by atoms with van der Waals surface area (Å²) in [4.78, 5) is 5.27. The second-order valence-corrected chi connectivity index (χ2v) is 8.21. The fourth-order valence-electron chi connectivity index (χ4n) is 1.64. The zero-order valence-electron chi connectivity index (χ0n) is 15.7. The van der Waals surface area contributed by atoms with E-state index in [1.807, 2.05) is 20.8 Å². The van der Waals surface area contributed by atoms with Gasteiger partial charge >= 0.3 is 0 Å². The average molecular weight is 459 g/mol. The van der Waals surface area contributed by atoms with Gasteiger partial charge in [0.15, 0.2) is 5.75 Å². The predicted molar refractivity (Wildman–Crippen MR) is 112 cm³/mol. The summed E-state index contributed by atoms with van der Waals surface area (Å²) in [7, 11) is 0. The zero-order chi connectivity index (χ0) is 20.4. The van der Waals surface area contributed by atoms with Gasteiger partial charge in [-0.15, -0.1) is 0 Å². The number of benzene rings is 1. The molecular weight excluding hydrogens is 436 g/mol. The highest BCUT2D eigenvalue weighted by molar-refractivity contribution is 6.55. The molecule has 0 saturated heterocycles. The Kier molecular flexibility index (Phi) is 10.5. The van der Waals surface area contributed by atoms with E-state index in [0.29, 0.717) is 47.1 Å². The summed E-state index contributed by atoms with van der Waals surface area (Å²) >= 11 is 23.4. The first-order valence-corrected chi connectivity index (χ1v) is 9.71. The molecule has 0 spiro atoms. The third-order valence-corrected chi connectivity index (χ3v) is 3.62. The number of halogens is 4. The number of hydrogen-bond donors (Lipinski definition) is 0. The molecule has 9 heteroatoms. The molecule has 1 aromatic carbocycles. The first kappa shape index (κ1) is 24.0. The van der Waals surface area contributed by atoms with Crippen LogP contribution < -0.4 is 9.47 Å². The van der Waals surface area contributed by atoms with Gasteiger partial charge in [-0.2, -0.15) is 0 Å². The van der Waals surface area contributed by atoms with Crippen LogP contribution in [-0.2, 0) is 9.57 Å². The second-order valence-electron chi connectivity index (χ2n) is 6.39. The first-order chi connectivity index (χ1) is 12.6. The Morgan fingerprint density at radius 1 is 1.07 bits per heavy atom. The minimum absolute atomic E-state index is 0.125. The molecule has 0 radical (unpaired) electrons. The lowest BCUT2D eigenvalue weighted by molar-refractivity contribution is -0.00403. The molecule has 0 amide bonds. The molecule has 0 atom stereocenters. The predicted octanol–water partition coefficient (Wildman–Crippen LogP) is 6.63. The van der Waals surface area contributed by atoms with E-state index in [4.69, 9.17) is 65.5 Å². The van der Waals surface area contributed by atoms with Crippen molar-refractivity contribution in [2.75, 3.05) is 19.8 Å². The molecular formula is C18H23Cl4NO4. The summed E-state index contributed by atoms with van der Waals surface area (Å²) in [5, 5.41) is 4.59. The van der Waals surface area contributed by atoms with Crippen molar-refractivity contribution in [2.24, 2.45) is 5.16 Å². The summed E-state index contributed by atoms with van der Waals surface area (Å²) in [5.41, 5.74) is -0.358. The molecule has 0 fully saturated rings. The van der Waals surface area contributed by atoms with Gasteiger partial charge < -0.3 is 19.0 Å². The minimum Gasteiger partial charge on any atom is -0.490 e. The molecule has 0 aromatic heterocycles. The molecule has 0 saturated carbocycles. The van der Waals surface area contributed by atoms with Crippen LogP contribution in [0.1, 0.15) is 34.1 Å². The highest BCUT2D eigenvalue weighted by Crippen LogP contribution is 2.37. The number of ether oxygens (including phenoxy) is 3. The smallest absolute Gasteiger partial charge is 0.222 e. The normalized spacial score (nSPS) is 11.8. The maximum atomic E-state index is 6.20. The second kappa shape index (κ2) is 11.7. The minimum atomic E-state index is -0.358. The molecule has 5 nitrogen and oxygen atoms in total. The summed E-state index contributed by atoms with van der Waals surface area (Å²) < 4.78 is 16.6. The molecule has 27 heavy (non-hydrogen) atoms. The quantitative estimate of drug-likeness (QED) is 0.180. The summed E-state index contributed by atoms with van der Waals surface area (Å²) in [5.74, 6) is 1.32. The number of rotatable bonds is 9. The van der Waals surface area contributed by atoms with Crippen molar-refractivity contribution in [2.45, 2.75) is 39.7 Å². The summed E-state index contributed by atoms with van der Waals surface area (Å²) in [6.45, 7) is 8.45. The largest absolute Gasteiger partial charge is 0.490 e. The van der Waals surface area contributed by atoms with E-state index in [-0.39, 0.29) is 16.7 Å². The standard InChI is InChI=1S/C18H23Cl4NO4/c1-12(23-27-18(2,3)4)24-7-5-8-26-17-14(19)10-13(11-15(17)20)25-9-6-16(21)22/h6,10-11H,5,7-9H2,1-4H3. The Balaban J connectivity index is 2.43. The van der Waals surface area contributed by atoms with Crippen LogP contribution in [0.3, 0.4) is 0 Å². The fraction of sp³-hybridized carbons (Fsp3) is 0.500. The number of oxime groups is 1. The fourth-order valence-corrected chi connectivity index (χ4v) is 2.34. The van der Waals surface area contributed by atoms with Gasteiger partial charge in [-0.05, 0) is 26.8 Å². The van der Waals surface area contributed by atoms with Crippen LogP contribution in [0.15, 0.2) is 27.9 Å². The molecule has 0 aliphatic heterocycles. The lowest BCUT2D eigenvalue weighted by Crippen LogP contribution is -2.17. The Labute approximate surface area is 180 Å². The number of hydrogen-bond acceptors (Lipinski definition) is 5. The number of nitrogens with zero attached hydrogens (tertiary/aromatic N) is 1. The van der Waals surface area contributed by atoms with Crippen molar-refractivity contribution in [3.05, 3.63) is 32.7 Å². The summed E-state index contributed by atoms with van der Waals surface area (Å²) in [6.07, 6.45) is 2.12. The van der Waals surface area contributed by atoms with Crippen molar-refractivity contribution in [1.82, 2.24) is 0 Å². The molecule has 0 unspecified atom stereocenters.